The van der Waals surface area contributed by atoms with Crippen LogP contribution in [0.15, 0.2) is 103 Å². The number of halogens is 2. The minimum absolute atomic E-state index is 0.106. The van der Waals surface area contributed by atoms with Crippen molar-refractivity contribution in [2.45, 2.75) is 19.8 Å². The zero-order valence-electron chi connectivity index (χ0n) is 18.6. The van der Waals surface area contributed by atoms with Crippen molar-refractivity contribution < 1.29 is 15.9 Å². The Morgan fingerprint density at radius 1 is 0.750 bits per heavy atom. The molecule has 0 fully saturated rings. The number of unbranched alkanes of at least 4 members (excludes halogenated alkanes) is 1. The normalized spacial score (nSPS) is 12.3. The second kappa shape index (κ2) is 16.3. The van der Waals surface area contributed by atoms with E-state index in [-0.39, 0.29) is 15.9 Å². The maximum atomic E-state index is 4.81. The molecule has 174 valence electrons. The summed E-state index contributed by atoms with van der Waals surface area (Å²) in [6, 6.07) is 32.3. The van der Waals surface area contributed by atoms with Crippen LogP contribution >= 0.6 is 27.0 Å². The second-order valence-corrected chi connectivity index (χ2v) is 11.8. The Morgan fingerprint density at radius 3 is 1.47 bits per heavy atom. The molecule has 3 aromatic rings. The maximum Gasteiger partial charge on any atom is -0.0134 e. The van der Waals surface area contributed by atoms with Gasteiger partial charge in [0.25, 0.3) is 0 Å². The van der Waals surface area contributed by atoms with Crippen molar-refractivity contribution in [3.63, 3.8) is 0 Å². The van der Waals surface area contributed by atoms with E-state index in [0.29, 0.717) is 0 Å². The molecule has 1 heterocycles. The topological polar surface area (TPSA) is 6.48 Å². The summed E-state index contributed by atoms with van der Waals surface area (Å²) in [5.74, 6) is 0. The predicted molar refractivity (Wildman–Crippen MR) is 140 cm³/mol. The van der Waals surface area contributed by atoms with Crippen LogP contribution in [0.4, 0.5) is 0 Å². The molecule has 32 heavy (non-hydrogen) atoms. The van der Waals surface area contributed by atoms with E-state index in [9.17, 15) is 0 Å². The summed E-state index contributed by atoms with van der Waals surface area (Å²) in [7, 11) is 11.3. The van der Waals surface area contributed by atoms with Gasteiger partial charge in [-0.3, -0.25) is 0 Å². The van der Waals surface area contributed by atoms with Crippen LogP contribution in [0.1, 0.15) is 19.8 Å². The van der Waals surface area contributed by atoms with Crippen LogP contribution in [0.2, 0.25) is 0 Å². The fourth-order valence-corrected chi connectivity index (χ4v) is 5.58. The van der Waals surface area contributed by atoms with Gasteiger partial charge in [-0.05, 0) is 30.3 Å². The number of hydrogen-bond acceptors (Lipinski definition) is 2. The van der Waals surface area contributed by atoms with E-state index >= 15 is 0 Å². The van der Waals surface area contributed by atoms with E-state index in [1.165, 1.54) is 35.3 Å². The standard InChI is InChI=1S/C18H15P.C8H16N2.2ClH.Pd/c1-4-10-16(11-5-1)19(17-12-6-2-7-13-17)18-14-8-3-9-15-18;1-3-4-5-10-7-6-9(2)8-10;;;/h1-15H;6-7H,3-5,8H2,1-2H3;2*1H;/q;;;;+2/p-2. The van der Waals surface area contributed by atoms with Crippen LogP contribution in [0.25, 0.3) is 0 Å². The Bertz CT molecular complexity index is 788. The molecule has 0 N–H and O–H groups in total. The molecule has 0 aromatic heterocycles. The number of nitrogens with zero attached hydrogens (tertiary/aromatic N) is 2. The van der Waals surface area contributed by atoms with Gasteiger partial charge in [0.1, 0.15) is 0 Å². The van der Waals surface area contributed by atoms with Crippen molar-refractivity contribution in [3.05, 3.63) is 103 Å². The Hall–Kier alpha value is -1.33. The minimum atomic E-state index is -0.446. The first-order valence-corrected chi connectivity index (χ1v) is 15.9. The van der Waals surface area contributed by atoms with Crippen molar-refractivity contribution in [1.29, 1.82) is 0 Å². The van der Waals surface area contributed by atoms with Crippen molar-refractivity contribution in [3.8, 4) is 0 Å². The third-order valence-electron chi connectivity index (χ3n) is 4.78. The molecule has 0 saturated heterocycles. The van der Waals surface area contributed by atoms with Gasteiger partial charge in [0.2, 0.25) is 0 Å². The molecule has 0 radical (unpaired) electrons. The smallest absolute Gasteiger partial charge is 0.0134 e. The van der Waals surface area contributed by atoms with Gasteiger partial charge in [-0.2, -0.15) is 0 Å². The summed E-state index contributed by atoms with van der Waals surface area (Å²) in [6.07, 6.45) is 6.87. The Labute approximate surface area is 211 Å². The van der Waals surface area contributed by atoms with Gasteiger partial charge in [0.05, 0.1) is 6.67 Å². The molecule has 0 unspecified atom stereocenters. The van der Waals surface area contributed by atoms with Crippen molar-refractivity contribution >= 4 is 42.9 Å². The second-order valence-electron chi connectivity index (χ2n) is 7.25. The Kier molecular flexibility index (Phi) is 13.7. The van der Waals surface area contributed by atoms with Gasteiger partial charge < -0.3 is 9.80 Å². The molecule has 0 atom stereocenters. The van der Waals surface area contributed by atoms with Crippen LogP contribution in [0, 0.1) is 0 Å². The first-order valence-electron chi connectivity index (χ1n) is 10.6. The SMILES string of the molecule is CCCCN1C=CN(C)C1.[Cl][Pd][Cl].c1ccc(P(c2ccccc2)c2ccccc2)cc1. The predicted octanol–water partition coefficient (Wildman–Crippen LogP) is 6.28. The number of benzene rings is 3. The molecule has 6 heteroatoms. The van der Waals surface area contributed by atoms with Gasteiger partial charge in [0, 0.05) is 26.0 Å². The summed E-state index contributed by atoms with van der Waals surface area (Å²) < 4.78 is 0. The van der Waals surface area contributed by atoms with Crippen LogP contribution in [0.3, 0.4) is 0 Å². The Balaban J connectivity index is 0.000000235. The zero-order chi connectivity index (χ0) is 23.0. The van der Waals surface area contributed by atoms with Crippen LogP contribution < -0.4 is 15.9 Å². The molecule has 0 spiro atoms. The summed E-state index contributed by atoms with van der Waals surface area (Å²) in [5, 5.41) is 4.19. The van der Waals surface area contributed by atoms with E-state index in [2.05, 4.69) is 127 Å². The molecule has 1 aliphatic heterocycles. The van der Waals surface area contributed by atoms with E-state index in [4.69, 9.17) is 19.1 Å². The molecular formula is C26H31Cl2N2PPd. The van der Waals surface area contributed by atoms with Gasteiger partial charge in [-0.1, -0.05) is 104 Å². The van der Waals surface area contributed by atoms with Crippen LogP contribution in [0.5, 0.6) is 0 Å². The van der Waals surface area contributed by atoms with Crippen LogP contribution in [-0.2, 0) is 15.9 Å². The number of rotatable bonds is 6. The molecule has 4 rings (SSSR count). The van der Waals surface area contributed by atoms with E-state index in [1.807, 2.05) is 0 Å². The largest absolute Gasteiger partial charge is 0.0622 e. The molecule has 0 amide bonds. The molecular weight excluding hydrogens is 549 g/mol. The van der Waals surface area contributed by atoms with Gasteiger partial charge in [0.15, 0.2) is 0 Å². The molecule has 1 aliphatic rings. The van der Waals surface area contributed by atoms with E-state index < -0.39 is 7.92 Å². The molecule has 0 bridgehead atoms. The molecule has 0 saturated carbocycles. The fraction of sp³-hybridized carbons (Fsp3) is 0.231. The monoisotopic (exact) mass is 578 g/mol. The average Bonchev–Trinajstić information content (AvgIpc) is 3.26. The minimum Gasteiger partial charge on any atom is -0.0622 e. The summed E-state index contributed by atoms with van der Waals surface area (Å²) in [6.45, 7) is 4.50. The molecule has 2 nitrogen and oxygen atoms in total. The Morgan fingerprint density at radius 2 is 1.16 bits per heavy atom. The van der Waals surface area contributed by atoms with Crippen molar-refractivity contribution in [1.82, 2.24) is 9.80 Å². The van der Waals surface area contributed by atoms with Gasteiger partial charge in [-0.25, -0.2) is 0 Å². The van der Waals surface area contributed by atoms with E-state index in [0.717, 1.165) is 6.67 Å². The van der Waals surface area contributed by atoms with Gasteiger partial charge in [-0.15, -0.1) is 0 Å². The molecule has 3 aromatic carbocycles. The first kappa shape index (κ1) is 26.9. The zero-order valence-corrected chi connectivity index (χ0v) is 22.5. The molecule has 0 aliphatic carbocycles. The van der Waals surface area contributed by atoms with E-state index in [1.54, 1.807) is 0 Å². The van der Waals surface area contributed by atoms with Crippen LogP contribution in [-0.4, -0.2) is 30.1 Å². The van der Waals surface area contributed by atoms with Gasteiger partial charge >= 0.3 is 35.0 Å². The van der Waals surface area contributed by atoms with Crippen molar-refractivity contribution in [2.75, 3.05) is 20.3 Å². The third kappa shape index (κ3) is 9.66. The average molecular weight is 580 g/mol. The quantitative estimate of drug-likeness (QED) is 0.250. The number of hydrogen-bond donors (Lipinski definition) is 0. The first-order chi connectivity index (χ1) is 15.7. The van der Waals surface area contributed by atoms with Crippen molar-refractivity contribution in [2.24, 2.45) is 0 Å². The third-order valence-corrected chi connectivity index (χ3v) is 7.22. The summed E-state index contributed by atoms with van der Waals surface area (Å²) in [4.78, 5) is 4.53. The summed E-state index contributed by atoms with van der Waals surface area (Å²) >= 11 is -0.106. The summed E-state index contributed by atoms with van der Waals surface area (Å²) in [5.41, 5.74) is 0. The fourth-order valence-electron chi connectivity index (χ4n) is 3.27. The maximum absolute atomic E-state index is 4.81.